The van der Waals surface area contributed by atoms with Gasteiger partial charge in [0.05, 0.1) is 12.8 Å². The molecule has 0 aliphatic rings. The van der Waals surface area contributed by atoms with Gasteiger partial charge in [-0.05, 0) is 0 Å². The number of nitrogens with one attached hydrogen (secondary N) is 1. The molecule has 0 fully saturated rings. The molecule has 8 nitrogen and oxygen atoms in total. The van der Waals surface area contributed by atoms with Crippen LogP contribution in [0, 0.1) is 0 Å². The summed E-state index contributed by atoms with van der Waals surface area (Å²) in [5.74, 6) is -1.70. The van der Waals surface area contributed by atoms with Gasteiger partial charge in [-0.1, -0.05) is 5.21 Å². The van der Waals surface area contributed by atoms with Crippen LogP contribution in [0.1, 0.15) is 10.5 Å². The van der Waals surface area contributed by atoms with Crippen molar-refractivity contribution in [3.63, 3.8) is 0 Å². The summed E-state index contributed by atoms with van der Waals surface area (Å²) < 4.78 is 29.0. The summed E-state index contributed by atoms with van der Waals surface area (Å²) in [6.45, 7) is -1.11. The van der Waals surface area contributed by atoms with Crippen molar-refractivity contribution in [3.05, 3.63) is 11.9 Å². The third kappa shape index (κ3) is 5.86. The SMILES string of the molecule is O=C(O)Cn1cc(C(=O)NCCOCC(F)F)nn1. The number of carboxylic acid groups (broad SMARTS) is 1. The summed E-state index contributed by atoms with van der Waals surface area (Å²) in [7, 11) is 0. The summed E-state index contributed by atoms with van der Waals surface area (Å²) in [6, 6.07) is 0. The van der Waals surface area contributed by atoms with Gasteiger partial charge in [0.15, 0.2) is 5.69 Å². The monoisotopic (exact) mass is 278 g/mol. The predicted molar refractivity (Wildman–Crippen MR) is 56.8 cm³/mol. The molecule has 1 aromatic heterocycles. The Kier molecular flexibility index (Phi) is 5.79. The molecule has 10 heteroatoms. The van der Waals surface area contributed by atoms with Crippen molar-refractivity contribution in [2.75, 3.05) is 19.8 Å². The molecule has 0 aliphatic heterocycles. The van der Waals surface area contributed by atoms with Gasteiger partial charge in [-0.25, -0.2) is 13.5 Å². The number of aromatic nitrogens is 3. The lowest BCUT2D eigenvalue weighted by molar-refractivity contribution is -0.137. The van der Waals surface area contributed by atoms with Crippen molar-refractivity contribution in [1.29, 1.82) is 0 Å². The number of alkyl halides is 2. The van der Waals surface area contributed by atoms with Crippen LogP contribution in [-0.2, 0) is 16.1 Å². The fourth-order valence-corrected chi connectivity index (χ4v) is 1.12. The van der Waals surface area contributed by atoms with Crippen LogP contribution in [0.2, 0.25) is 0 Å². The van der Waals surface area contributed by atoms with Crippen LogP contribution < -0.4 is 5.32 Å². The van der Waals surface area contributed by atoms with Gasteiger partial charge in [0.2, 0.25) is 0 Å². The van der Waals surface area contributed by atoms with Crippen molar-refractivity contribution in [3.8, 4) is 0 Å². The molecule has 0 bridgehead atoms. The fraction of sp³-hybridized carbons (Fsp3) is 0.556. The van der Waals surface area contributed by atoms with Crippen LogP contribution in [-0.4, -0.2) is 58.2 Å². The molecule has 1 amide bonds. The van der Waals surface area contributed by atoms with Crippen LogP contribution >= 0.6 is 0 Å². The van der Waals surface area contributed by atoms with Gasteiger partial charge in [0, 0.05) is 6.54 Å². The van der Waals surface area contributed by atoms with Crippen LogP contribution in [0.5, 0.6) is 0 Å². The second-order valence-electron chi connectivity index (χ2n) is 3.42. The minimum atomic E-state index is -2.55. The number of ether oxygens (including phenoxy) is 1. The lowest BCUT2D eigenvalue weighted by Gasteiger charge is -2.04. The zero-order valence-corrected chi connectivity index (χ0v) is 9.75. The van der Waals surface area contributed by atoms with Crippen molar-refractivity contribution in [2.24, 2.45) is 0 Å². The highest BCUT2D eigenvalue weighted by atomic mass is 19.3. The number of hydrogen-bond acceptors (Lipinski definition) is 5. The van der Waals surface area contributed by atoms with E-state index in [0.717, 1.165) is 4.68 Å². The van der Waals surface area contributed by atoms with Crippen molar-refractivity contribution in [1.82, 2.24) is 20.3 Å². The highest BCUT2D eigenvalue weighted by molar-refractivity contribution is 5.91. The van der Waals surface area contributed by atoms with E-state index >= 15 is 0 Å². The van der Waals surface area contributed by atoms with Crippen LogP contribution in [0.25, 0.3) is 0 Å². The average molecular weight is 278 g/mol. The molecule has 0 atom stereocenters. The molecule has 0 aliphatic carbocycles. The van der Waals surface area contributed by atoms with Gasteiger partial charge >= 0.3 is 5.97 Å². The molecule has 0 saturated carbocycles. The van der Waals surface area contributed by atoms with E-state index < -0.39 is 31.5 Å². The normalized spacial score (nSPS) is 10.7. The highest BCUT2D eigenvalue weighted by Gasteiger charge is 2.11. The molecule has 0 unspecified atom stereocenters. The molecule has 2 N–H and O–H groups in total. The molecule has 0 aromatic carbocycles. The first-order valence-corrected chi connectivity index (χ1v) is 5.25. The van der Waals surface area contributed by atoms with Crippen LogP contribution in [0.4, 0.5) is 8.78 Å². The molecule has 0 saturated heterocycles. The molecule has 1 heterocycles. The zero-order valence-electron chi connectivity index (χ0n) is 9.75. The number of hydrogen-bond donors (Lipinski definition) is 2. The number of aliphatic carboxylic acids is 1. The summed E-state index contributed by atoms with van der Waals surface area (Å²) >= 11 is 0. The number of amides is 1. The number of carboxylic acids is 1. The lowest BCUT2D eigenvalue weighted by atomic mass is 10.4. The Labute approximate surface area is 106 Å². The maximum Gasteiger partial charge on any atom is 0.325 e. The largest absolute Gasteiger partial charge is 0.480 e. The minimum Gasteiger partial charge on any atom is -0.480 e. The van der Waals surface area contributed by atoms with E-state index in [0.29, 0.717) is 0 Å². The summed E-state index contributed by atoms with van der Waals surface area (Å²) in [5, 5.41) is 17.8. The average Bonchev–Trinajstić information content (AvgIpc) is 2.75. The first-order valence-electron chi connectivity index (χ1n) is 5.25. The Morgan fingerprint density at radius 2 is 2.26 bits per heavy atom. The Hall–Kier alpha value is -2.10. The smallest absolute Gasteiger partial charge is 0.325 e. The zero-order chi connectivity index (χ0) is 14.3. The second-order valence-corrected chi connectivity index (χ2v) is 3.42. The van der Waals surface area contributed by atoms with E-state index in [1.54, 1.807) is 0 Å². The van der Waals surface area contributed by atoms with Crippen molar-refractivity contribution < 1.29 is 28.2 Å². The maximum absolute atomic E-state index is 11.7. The highest BCUT2D eigenvalue weighted by Crippen LogP contribution is 1.94. The van der Waals surface area contributed by atoms with Crippen LogP contribution in [0.15, 0.2) is 6.20 Å². The molecule has 19 heavy (non-hydrogen) atoms. The quantitative estimate of drug-likeness (QED) is 0.613. The van der Waals surface area contributed by atoms with E-state index in [1.807, 2.05) is 0 Å². The van der Waals surface area contributed by atoms with E-state index in [1.165, 1.54) is 6.20 Å². The molecule has 1 aromatic rings. The Morgan fingerprint density at radius 1 is 1.53 bits per heavy atom. The van der Waals surface area contributed by atoms with Gasteiger partial charge < -0.3 is 15.2 Å². The number of halogens is 2. The minimum absolute atomic E-state index is 0.0390. The molecule has 0 spiro atoms. The number of carbonyl (C=O) groups excluding carboxylic acids is 1. The van der Waals surface area contributed by atoms with Crippen molar-refractivity contribution in [2.45, 2.75) is 13.0 Å². The number of nitrogens with zero attached hydrogens (tertiary/aromatic N) is 3. The van der Waals surface area contributed by atoms with E-state index in [9.17, 15) is 18.4 Å². The number of carbonyl (C=O) groups is 2. The topological polar surface area (TPSA) is 106 Å². The van der Waals surface area contributed by atoms with Gasteiger partial charge in [0.25, 0.3) is 12.3 Å². The van der Waals surface area contributed by atoms with Gasteiger partial charge in [-0.2, -0.15) is 0 Å². The van der Waals surface area contributed by atoms with E-state index in [4.69, 9.17) is 5.11 Å². The first-order chi connectivity index (χ1) is 8.99. The number of rotatable bonds is 8. The van der Waals surface area contributed by atoms with Gasteiger partial charge in [0.1, 0.15) is 13.2 Å². The van der Waals surface area contributed by atoms with E-state index in [-0.39, 0.29) is 18.8 Å². The Morgan fingerprint density at radius 3 is 2.89 bits per heavy atom. The first kappa shape index (κ1) is 15.0. The standard InChI is InChI=1S/C9H12F2N4O4/c10-7(11)5-19-2-1-12-9(18)6-3-15(14-13-6)4-8(16)17/h3,7H,1-2,4-5H2,(H,12,18)(H,16,17). The van der Waals surface area contributed by atoms with E-state index in [2.05, 4.69) is 20.4 Å². The Balaban J connectivity index is 2.29. The Bertz CT molecular complexity index is 438. The summed E-state index contributed by atoms with van der Waals surface area (Å²) in [4.78, 5) is 21.8. The maximum atomic E-state index is 11.7. The van der Waals surface area contributed by atoms with Crippen LogP contribution in [0.3, 0.4) is 0 Å². The second kappa shape index (κ2) is 7.36. The lowest BCUT2D eigenvalue weighted by Crippen LogP contribution is -2.28. The predicted octanol–water partition coefficient (Wildman–Crippen LogP) is -0.626. The summed E-state index contributed by atoms with van der Waals surface area (Å²) in [5.41, 5.74) is -0.0601. The molecular formula is C9H12F2N4O4. The summed E-state index contributed by atoms with van der Waals surface area (Å²) in [6.07, 6.45) is -1.38. The molecule has 106 valence electrons. The van der Waals surface area contributed by atoms with Crippen molar-refractivity contribution >= 4 is 11.9 Å². The van der Waals surface area contributed by atoms with Gasteiger partial charge in [-0.15, -0.1) is 5.10 Å². The third-order valence-electron chi connectivity index (χ3n) is 1.84. The molecular weight excluding hydrogens is 266 g/mol. The molecule has 1 rings (SSSR count). The van der Waals surface area contributed by atoms with Gasteiger partial charge in [-0.3, -0.25) is 9.59 Å². The third-order valence-corrected chi connectivity index (χ3v) is 1.84. The fourth-order valence-electron chi connectivity index (χ4n) is 1.12. The molecule has 0 radical (unpaired) electrons.